The van der Waals surface area contributed by atoms with Crippen molar-refractivity contribution in [2.24, 2.45) is 0 Å². The topological polar surface area (TPSA) is 29.5 Å². The standard InChI is InChI=1S/C18H18O2/c1-18(19,17-11-6-3-7-12-17)13-8-14-20-15-16-9-4-2-5-10-16/h2-7,9-12,19H,14-15H2,1H3/t18-/m1/s1. The van der Waals surface area contributed by atoms with Crippen molar-refractivity contribution in [2.45, 2.75) is 19.1 Å². The first-order valence-electron chi connectivity index (χ1n) is 6.58. The van der Waals surface area contributed by atoms with Crippen molar-refractivity contribution in [3.05, 3.63) is 71.8 Å². The second-order valence-corrected chi connectivity index (χ2v) is 4.72. The van der Waals surface area contributed by atoms with E-state index in [1.807, 2.05) is 60.7 Å². The maximum Gasteiger partial charge on any atom is 0.148 e. The van der Waals surface area contributed by atoms with Crippen molar-refractivity contribution in [1.82, 2.24) is 0 Å². The molecular formula is C18H18O2. The minimum atomic E-state index is -1.14. The SMILES string of the molecule is C[C@@](O)(C#CCOCc1ccccc1)c1ccccc1. The van der Waals surface area contributed by atoms with Gasteiger partial charge in [-0.3, -0.25) is 0 Å². The quantitative estimate of drug-likeness (QED) is 0.680. The molecule has 2 heteroatoms. The number of rotatable bonds is 4. The number of hydrogen-bond acceptors (Lipinski definition) is 2. The maximum atomic E-state index is 10.3. The van der Waals surface area contributed by atoms with E-state index in [1.54, 1.807) is 6.92 Å². The number of hydrogen-bond donors (Lipinski definition) is 1. The normalized spacial score (nSPS) is 13.1. The first kappa shape index (κ1) is 14.3. The summed E-state index contributed by atoms with van der Waals surface area (Å²) in [5.74, 6) is 5.71. The summed E-state index contributed by atoms with van der Waals surface area (Å²) < 4.78 is 5.47. The third-order valence-corrected chi connectivity index (χ3v) is 2.95. The summed E-state index contributed by atoms with van der Waals surface area (Å²) in [6, 6.07) is 19.3. The van der Waals surface area contributed by atoms with E-state index in [0.29, 0.717) is 13.2 Å². The van der Waals surface area contributed by atoms with Crippen LogP contribution >= 0.6 is 0 Å². The summed E-state index contributed by atoms with van der Waals surface area (Å²) in [7, 11) is 0. The monoisotopic (exact) mass is 266 g/mol. The van der Waals surface area contributed by atoms with Crippen LogP contribution in [0.3, 0.4) is 0 Å². The highest BCUT2D eigenvalue weighted by atomic mass is 16.5. The van der Waals surface area contributed by atoms with Gasteiger partial charge in [0.2, 0.25) is 0 Å². The van der Waals surface area contributed by atoms with E-state index >= 15 is 0 Å². The van der Waals surface area contributed by atoms with Gasteiger partial charge in [-0.05, 0) is 18.1 Å². The van der Waals surface area contributed by atoms with Crippen LogP contribution in [0.5, 0.6) is 0 Å². The Kier molecular flexibility index (Phi) is 4.95. The molecule has 2 aromatic rings. The average Bonchev–Trinajstić information content (AvgIpc) is 2.49. The molecule has 0 radical (unpaired) electrons. The van der Waals surface area contributed by atoms with Crippen LogP contribution in [-0.4, -0.2) is 11.7 Å². The molecular weight excluding hydrogens is 248 g/mol. The van der Waals surface area contributed by atoms with E-state index in [2.05, 4.69) is 11.8 Å². The Morgan fingerprint density at radius 2 is 1.60 bits per heavy atom. The highest BCUT2D eigenvalue weighted by Crippen LogP contribution is 2.18. The van der Waals surface area contributed by atoms with Gasteiger partial charge in [0, 0.05) is 0 Å². The molecule has 2 nitrogen and oxygen atoms in total. The Morgan fingerprint density at radius 1 is 1.00 bits per heavy atom. The van der Waals surface area contributed by atoms with Gasteiger partial charge in [0.1, 0.15) is 12.2 Å². The van der Waals surface area contributed by atoms with Gasteiger partial charge in [-0.2, -0.15) is 0 Å². The Balaban J connectivity index is 1.85. The lowest BCUT2D eigenvalue weighted by Crippen LogP contribution is -2.18. The predicted octanol–water partition coefficient (Wildman–Crippen LogP) is 3.11. The van der Waals surface area contributed by atoms with Gasteiger partial charge in [-0.25, -0.2) is 0 Å². The molecule has 0 spiro atoms. The van der Waals surface area contributed by atoms with Gasteiger partial charge in [0.15, 0.2) is 0 Å². The van der Waals surface area contributed by atoms with Crippen LogP contribution in [0.1, 0.15) is 18.1 Å². The number of aliphatic hydroxyl groups is 1. The van der Waals surface area contributed by atoms with Crippen molar-refractivity contribution >= 4 is 0 Å². The van der Waals surface area contributed by atoms with Crippen LogP contribution in [0.4, 0.5) is 0 Å². The summed E-state index contributed by atoms with van der Waals surface area (Å²) >= 11 is 0. The summed E-state index contributed by atoms with van der Waals surface area (Å²) in [6.07, 6.45) is 0. The van der Waals surface area contributed by atoms with Gasteiger partial charge in [-0.1, -0.05) is 72.5 Å². The largest absolute Gasteiger partial charge is 0.374 e. The van der Waals surface area contributed by atoms with E-state index in [1.165, 1.54) is 0 Å². The zero-order valence-electron chi connectivity index (χ0n) is 11.5. The highest BCUT2D eigenvalue weighted by Gasteiger charge is 2.18. The van der Waals surface area contributed by atoms with Gasteiger partial charge >= 0.3 is 0 Å². The first-order chi connectivity index (χ1) is 9.68. The second-order valence-electron chi connectivity index (χ2n) is 4.72. The molecule has 20 heavy (non-hydrogen) atoms. The fourth-order valence-electron chi connectivity index (χ4n) is 1.84. The predicted molar refractivity (Wildman–Crippen MR) is 79.9 cm³/mol. The third kappa shape index (κ3) is 4.24. The lowest BCUT2D eigenvalue weighted by Gasteiger charge is -2.16. The zero-order chi connectivity index (χ0) is 14.3. The summed E-state index contributed by atoms with van der Waals surface area (Å²) in [6.45, 7) is 2.52. The molecule has 0 bridgehead atoms. The van der Waals surface area contributed by atoms with Crippen LogP contribution in [-0.2, 0) is 16.9 Å². The molecule has 0 aliphatic heterocycles. The molecule has 0 fully saturated rings. The molecule has 0 saturated carbocycles. The summed E-state index contributed by atoms with van der Waals surface area (Å²) in [5.41, 5.74) is 0.761. The third-order valence-electron chi connectivity index (χ3n) is 2.95. The van der Waals surface area contributed by atoms with Gasteiger partial charge < -0.3 is 9.84 Å². The van der Waals surface area contributed by atoms with Crippen molar-refractivity contribution in [3.8, 4) is 11.8 Å². The van der Waals surface area contributed by atoms with Crippen LogP contribution < -0.4 is 0 Å². The van der Waals surface area contributed by atoms with Crippen molar-refractivity contribution in [2.75, 3.05) is 6.61 Å². The molecule has 2 aromatic carbocycles. The molecule has 1 atom stereocenters. The smallest absolute Gasteiger partial charge is 0.148 e. The zero-order valence-corrected chi connectivity index (χ0v) is 11.5. The van der Waals surface area contributed by atoms with E-state index in [-0.39, 0.29) is 0 Å². The Bertz CT molecular complexity index is 577. The molecule has 102 valence electrons. The van der Waals surface area contributed by atoms with Crippen molar-refractivity contribution in [1.29, 1.82) is 0 Å². The van der Waals surface area contributed by atoms with Gasteiger partial charge in [0.05, 0.1) is 6.61 Å². The molecule has 0 amide bonds. The van der Waals surface area contributed by atoms with Gasteiger partial charge in [0.25, 0.3) is 0 Å². The molecule has 0 unspecified atom stereocenters. The molecule has 0 aliphatic rings. The fraction of sp³-hybridized carbons (Fsp3) is 0.222. The lowest BCUT2D eigenvalue weighted by molar-refractivity contribution is 0.120. The Labute approximate surface area is 120 Å². The lowest BCUT2D eigenvalue weighted by atomic mass is 9.97. The maximum absolute atomic E-state index is 10.3. The van der Waals surface area contributed by atoms with E-state index in [0.717, 1.165) is 11.1 Å². The molecule has 0 aliphatic carbocycles. The van der Waals surface area contributed by atoms with E-state index in [4.69, 9.17) is 4.74 Å². The van der Waals surface area contributed by atoms with Crippen LogP contribution in [0.25, 0.3) is 0 Å². The minimum absolute atomic E-state index is 0.303. The molecule has 0 heterocycles. The minimum Gasteiger partial charge on any atom is -0.374 e. The second kappa shape index (κ2) is 6.91. The fourth-order valence-corrected chi connectivity index (χ4v) is 1.84. The van der Waals surface area contributed by atoms with E-state index in [9.17, 15) is 5.11 Å². The average molecular weight is 266 g/mol. The highest BCUT2D eigenvalue weighted by molar-refractivity contribution is 5.30. The van der Waals surface area contributed by atoms with E-state index < -0.39 is 5.60 Å². The summed E-state index contributed by atoms with van der Waals surface area (Å²) in [5, 5.41) is 10.3. The number of ether oxygens (including phenoxy) is 1. The number of benzene rings is 2. The van der Waals surface area contributed by atoms with Crippen molar-refractivity contribution in [3.63, 3.8) is 0 Å². The Hall–Kier alpha value is -2.08. The molecule has 1 N–H and O–H groups in total. The molecule has 0 aromatic heterocycles. The first-order valence-corrected chi connectivity index (χ1v) is 6.58. The van der Waals surface area contributed by atoms with Crippen LogP contribution in [0.15, 0.2) is 60.7 Å². The molecule has 0 saturated heterocycles. The molecule has 2 rings (SSSR count). The van der Waals surface area contributed by atoms with Crippen LogP contribution in [0, 0.1) is 11.8 Å². The van der Waals surface area contributed by atoms with Crippen molar-refractivity contribution < 1.29 is 9.84 Å². The summed E-state index contributed by atoms with van der Waals surface area (Å²) in [4.78, 5) is 0. The Morgan fingerprint density at radius 3 is 2.25 bits per heavy atom. The van der Waals surface area contributed by atoms with Crippen LogP contribution in [0.2, 0.25) is 0 Å². The van der Waals surface area contributed by atoms with Gasteiger partial charge in [-0.15, -0.1) is 0 Å².